The van der Waals surface area contributed by atoms with Gasteiger partial charge >= 0.3 is 0 Å². The number of morpholine rings is 1. The Kier molecular flexibility index (Phi) is 7.46. The molecule has 2 heterocycles. The number of para-hydroxylation sites is 1. The Bertz CT molecular complexity index is 1550. The molecule has 40 heavy (non-hydrogen) atoms. The number of carbonyl (C=O) groups is 1. The van der Waals surface area contributed by atoms with E-state index in [9.17, 15) is 4.79 Å². The first kappa shape index (κ1) is 25.3. The number of hydrogen-bond donors (Lipinski definition) is 1. The summed E-state index contributed by atoms with van der Waals surface area (Å²) in [6.45, 7) is 3.28. The molecular weight excluding hydrogens is 498 g/mol. The van der Waals surface area contributed by atoms with E-state index in [1.807, 2.05) is 66.7 Å². The molecular formula is C33H29N5O2. The molecule has 6 rings (SSSR count). The van der Waals surface area contributed by atoms with Crippen LogP contribution in [0.2, 0.25) is 0 Å². The monoisotopic (exact) mass is 527 g/mol. The number of nitrogens with zero attached hydrogens (tertiary/aromatic N) is 4. The van der Waals surface area contributed by atoms with Crippen molar-refractivity contribution in [3.05, 3.63) is 127 Å². The number of nitrogens with one attached hydrogen (secondary N) is 1. The van der Waals surface area contributed by atoms with Crippen LogP contribution in [-0.4, -0.2) is 42.2 Å². The maximum Gasteiger partial charge on any atom is 0.255 e. The molecule has 7 heteroatoms. The quantitative estimate of drug-likeness (QED) is 0.254. The summed E-state index contributed by atoms with van der Waals surface area (Å²) in [5, 5.41) is 2.95. The fourth-order valence-electron chi connectivity index (χ4n) is 4.73. The van der Waals surface area contributed by atoms with Crippen LogP contribution in [0.25, 0.3) is 11.3 Å². The molecule has 4 aromatic carbocycles. The van der Waals surface area contributed by atoms with Crippen molar-refractivity contribution in [1.29, 1.82) is 0 Å². The maximum absolute atomic E-state index is 12.5. The molecule has 0 aliphatic carbocycles. The molecule has 1 saturated heterocycles. The van der Waals surface area contributed by atoms with Crippen molar-refractivity contribution in [3.8, 4) is 11.3 Å². The number of aromatic nitrogens is 2. The van der Waals surface area contributed by atoms with Crippen LogP contribution in [-0.2, 0) is 4.74 Å². The smallest absolute Gasteiger partial charge is 0.255 e. The van der Waals surface area contributed by atoms with Gasteiger partial charge in [-0.05, 0) is 66.7 Å². The second-order valence-electron chi connectivity index (χ2n) is 9.43. The van der Waals surface area contributed by atoms with E-state index in [1.165, 1.54) is 5.69 Å². The van der Waals surface area contributed by atoms with Crippen molar-refractivity contribution in [1.82, 2.24) is 9.97 Å². The minimum Gasteiger partial charge on any atom is -0.378 e. The Morgan fingerprint density at radius 3 is 2.10 bits per heavy atom. The van der Waals surface area contributed by atoms with Crippen molar-refractivity contribution >= 4 is 34.6 Å². The van der Waals surface area contributed by atoms with Gasteiger partial charge in [0, 0.05) is 53.2 Å². The summed E-state index contributed by atoms with van der Waals surface area (Å²) in [6, 6.07) is 37.4. The minimum atomic E-state index is -0.143. The van der Waals surface area contributed by atoms with Crippen LogP contribution in [0, 0.1) is 0 Å². The van der Waals surface area contributed by atoms with Crippen LogP contribution < -0.4 is 15.1 Å². The van der Waals surface area contributed by atoms with Crippen molar-refractivity contribution in [3.63, 3.8) is 0 Å². The molecule has 0 unspecified atom stereocenters. The molecule has 1 amide bonds. The Labute approximate surface area is 233 Å². The fraction of sp³-hybridized carbons (Fsp3) is 0.121. The van der Waals surface area contributed by atoms with Gasteiger partial charge in [0.15, 0.2) is 0 Å². The van der Waals surface area contributed by atoms with Gasteiger partial charge < -0.3 is 15.0 Å². The van der Waals surface area contributed by atoms with Crippen LogP contribution in [0.4, 0.5) is 28.7 Å². The summed E-state index contributed by atoms with van der Waals surface area (Å²) in [7, 11) is 0. The van der Waals surface area contributed by atoms with Crippen LogP contribution in [0.1, 0.15) is 10.4 Å². The molecule has 1 aromatic heterocycles. The first-order chi connectivity index (χ1) is 19.7. The van der Waals surface area contributed by atoms with Gasteiger partial charge in [-0.3, -0.25) is 9.69 Å². The third kappa shape index (κ3) is 5.70. The molecule has 1 aliphatic rings. The van der Waals surface area contributed by atoms with Gasteiger partial charge in [0.25, 0.3) is 5.91 Å². The number of ether oxygens (including phenoxy) is 1. The highest BCUT2D eigenvalue weighted by atomic mass is 16.5. The third-order valence-electron chi connectivity index (χ3n) is 6.82. The predicted molar refractivity (Wildman–Crippen MR) is 160 cm³/mol. The summed E-state index contributed by atoms with van der Waals surface area (Å²) >= 11 is 0. The lowest BCUT2D eigenvalue weighted by Gasteiger charge is -2.29. The van der Waals surface area contributed by atoms with Crippen LogP contribution >= 0.6 is 0 Å². The van der Waals surface area contributed by atoms with E-state index in [4.69, 9.17) is 9.72 Å². The molecule has 0 spiro atoms. The lowest BCUT2D eigenvalue weighted by molar-refractivity contribution is 0.102. The van der Waals surface area contributed by atoms with Crippen LogP contribution in [0.3, 0.4) is 0 Å². The standard InChI is InChI=1S/C33H29N5O2/c39-32(26-7-3-1-4-8-26)35-27-13-11-25(12-14-27)31-19-20-34-33(36-31)38(29-9-5-2-6-10-29)30-17-15-28(16-18-30)37-21-23-40-24-22-37/h1-20H,21-24H2,(H,35,39). The summed E-state index contributed by atoms with van der Waals surface area (Å²) in [4.78, 5) is 26.5. The predicted octanol–water partition coefficient (Wildman–Crippen LogP) is 6.70. The highest BCUT2D eigenvalue weighted by Crippen LogP contribution is 2.34. The Morgan fingerprint density at radius 1 is 0.750 bits per heavy atom. The Hall–Kier alpha value is -5.01. The van der Waals surface area contributed by atoms with Gasteiger partial charge in [-0.15, -0.1) is 0 Å². The first-order valence-corrected chi connectivity index (χ1v) is 13.3. The van der Waals surface area contributed by atoms with E-state index in [-0.39, 0.29) is 5.91 Å². The van der Waals surface area contributed by atoms with Gasteiger partial charge in [0.2, 0.25) is 5.95 Å². The van der Waals surface area contributed by atoms with Crippen molar-refractivity contribution in [2.45, 2.75) is 0 Å². The molecule has 0 atom stereocenters. The number of benzene rings is 4. The van der Waals surface area contributed by atoms with E-state index in [1.54, 1.807) is 18.3 Å². The van der Waals surface area contributed by atoms with E-state index in [0.29, 0.717) is 11.5 Å². The number of amides is 1. The number of hydrogen-bond acceptors (Lipinski definition) is 6. The number of anilines is 5. The topological polar surface area (TPSA) is 70.6 Å². The van der Waals surface area contributed by atoms with E-state index in [2.05, 4.69) is 56.5 Å². The van der Waals surface area contributed by atoms with Crippen molar-refractivity contribution in [2.24, 2.45) is 0 Å². The van der Waals surface area contributed by atoms with Gasteiger partial charge in [0.1, 0.15) is 0 Å². The average Bonchev–Trinajstić information content (AvgIpc) is 3.03. The molecule has 5 aromatic rings. The molecule has 1 fully saturated rings. The van der Waals surface area contributed by atoms with E-state index < -0.39 is 0 Å². The lowest BCUT2D eigenvalue weighted by atomic mass is 10.1. The second kappa shape index (κ2) is 11.8. The van der Waals surface area contributed by atoms with Crippen LogP contribution in [0.5, 0.6) is 0 Å². The summed E-state index contributed by atoms with van der Waals surface area (Å²) in [5.74, 6) is 0.431. The average molecular weight is 528 g/mol. The van der Waals surface area contributed by atoms with Crippen LogP contribution in [0.15, 0.2) is 121 Å². The number of rotatable bonds is 7. The van der Waals surface area contributed by atoms with Gasteiger partial charge in [-0.1, -0.05) is 48.5 Å². The summed E-state index contributed by atoms with van der Waals surface area (Å²) in [5.41, 5.74) is 6.17. The molecule has 7 nitrogen and oxygen atoms in total. The zero-order valence-electron chi connectivity index (χ0n) is 22.0. The highest BCUT2D eigenvalue weighted by Gasteiger charge is 2.17. The number of carbonyl (C=O) groups excluding carboxylic acids is 1. The van der Waals surface area contributed by atoms with E-state index in [0.717, 1.165) is 54.6 Å². The second-order valence-corrected chi connectivity index (χ2v) is 9.43. The zero-order chi connectivity index (χ0) is 27.1. The molecule has 1 N–H and O–H groups in total. The van der Waals surface area contributed by atoms with Crippen molar-refractivity contribution < 1.29 is 9.53 Å². The normalized spacial score (nSPS) is 13.1. The van der Waals surface area contributed by atoms with Crippen molar-refractivity contribution in [2.75, 3.05) is 41.4 Å². The zero-order valence-corrected chi connectivity index (χ0v) is 22.0. The molecule has 1 aliphatic heterocycles. The van der Waals surface area contributed by atoms with Gasteiger partial charge in [-0.25, -0.2) is 9.97 Å². The molecule has 0 bridgehead atoms. The van der Waals surface area contributed by atoms with Gasteiger partial charge in [0.05, 0.1) is 18.9 Å². The van der Waals surface area contributed by atoms with E-state index >= 15 is 0 Å². The molecule has 0 saturated carbocycles. The SMILES string of the molecule is O=C(Nc1ccc(-c2ccnc(N(c3ccccc3)c3ccc(N4CCOCC4)cc3)n2)cc1)c1ccccc1. The lowest BCUT2D eigenvalue weighted by Crippen LogP contribution is -2.36. The summed E-state index contributed by atoms with van der Waals surface area (Å²) in [6.07, 6.45) is 1.78. The third-order valence-corrected chi connectivity index (χ3v) is 6.82. The molecule has 198 valence electrons. The Morgan fingerprint density at radius 2 is 1.40 bits per heavy atom. The van der Waals surface area contributed by atoms with Gasteiger partial charge in [-0.2, -0.15) is 0 Å². The largest absolute Gasteiger partial charge is 0.378 e. The molecule has 0 radical (unpaired) electrons. The first-order valence-electron chi connectivity index (χ1n) is 13.3. The highest BCUT2D eigenvalue weighted by molar-refractivity contribution is 6.04. The fourth-order valence-corrected chi connectivity index (χ4v) is 4.73. The Balaban J connectivity index is 1.26. The maximum atomic E-state index is 12.5. The minimum absolute atomic E-state index is 0.143. The summed E-state index contributed by atoms with van der Waals surface area (Å²) < 4.78 is 5.50.